The summed E-state index contributed by atoms with van der Waals surface area (Å²) in [4.78, 5) is 37.4. The maximum atomic E-state index is 12.9. The van der Waals surface area contributed by atoms with Gasteiger partial charge in [-0.15, -0.1) is 0 Å². The summed E-state index contributed by atoms with van der Waals surface area (Å²) in [5, 5.41) is 12.3. The Labute approximate surface area is 163 Å². The van der Waals surface area contributed by atoms with Crippen LogP contribution in [0.3, 0.4) is 0 Å². The molecule has 1 fully saturated rings. The molecule has 1 heterocycles. The molecular weight excluding hydrogens is 358 g/mol. The van der Waals surface area contributed by atoms with Gasteiger partial charge in [-0.25, -0.2) is 0 Å². The van der Waals surface area contributed by atoms with Crippen LogP contribution in [0, 0.1) is 12.3 Å². The maximum absolute atomic E-state index is 12.9. The molecule has 1 aliphatic heterocycles. The number of carbonyl (C=O) groups is 3. The zero-order valence-corrected chi connectivity index (χ0v) is 15.7. The van der Waals surface area contributed by atoms with Gasteiger partial charge in [-0.05, 0) is 25.8 Å². The third kappa shape index (κ3) is 4.12. The zero-order valence-electron chi connectivity index (χ0n) is 15.7. The van der Waals surface area contributed by atoms with Gasteiger partial charge in [0, 0.05) is 30.9 Å². The summed E-state index contributed by atoms with van der Waals surface area (Å²) < 4.78 is 5.25. The van der Waals surface area contributed by atoms with Crippen LogP contribution in [-0.2, 0) is 9.53 Å². The Morgan fingerprint density at radius 2 is 1.61 bits per heavy atom. The molecule has 1 amide bonds. The summed E-state index contributed by atoms with van der Waals surface area (Å²) in [5.41, 5.74) is 1.03. The molecule has 0 spiro atoms. The molecule has 2 N–H and O–H groups in total. The first-order valence-electron chi connectivity index (χ1n) is 9.23. The Bertz CT molecular complexity index is 882. The zero-order chi connectivity index (χ0) is 20.1. The van der Waals surface area contributed by atoms with Crippen molar-refractivity contribution in [2.75, 3.05) is 19.8 Å². The number of carboxylic acid groups (broad SMARTS) is 1. The van der Waals surface area contributed by atoms with Crippen molar-refractivity contribution in [2.45, 2.75) is 19.8 Å². The number of aliphatic carboxylic acids is 1. The number of nitrogens with one attached hydrogen (secondary N) is 1. The molecular formula is C22H23NO5. The Hall–Kier alpha value is -2.99. The molecule has 0 aromatic heterocycles. The molecule has 0 aliphatic carbocycles. The van der Waals surface area contributed by atoms with Crippen molar-refractivity contribution in [3.8, 4) is 0 Å². The van der Waals surface area contributed by atoms with Crippen LogP contribution < -0.4 is 5.32 Å². The molecule has 3 rings (SSSR count). The predicted molar refractivity (Wildman–Crippen MR) is 104 cm³/mol. The van der Waals surface area contributed by atoms with Crippen LogP contribution in [0.5, 0.6) is 0 Å². The summed E-state index contributed by atoms with van der Waals surface area (Å²) >= 11 is 0. The lowest BCUT2D eigenvalue weighted by atomic mass is 9.80. The van der Waals surface area contributed by atoms with Gasteiger partial charge < -0.3 is 15.2 Å². The summed E-state index contributed by atoms with van der Waals surface area (Å²) in [7, 11) is 0. The first-order valence-corrected chi connectivity index (χ1v) is 9.23. The third-order valence-corrected chi connectivity index (χ3v) is 5.22. The van der Waals surface area contributed by atoms with Crippen LogP contribution >= 0.6 is 0 Å². The second kappa shape index (κ2) is 8.35. The largest absolute Gasteiger partial charge is 0.481 e. The van der Waals surface area contributed by atoms with Crippen LogP contribution in [0.1, 0.15) is 44.7 Å². The Morgan fingerprint density at radius 1 is 1.00 bits per heavy atom. The number of rotatable bonds is 6. The van der Waals surface area contributed by atoms with Crippen molar-refractivity contribution >= 4 is 17.7 Å². The first-order chi connectivity index (χ1) is 13.4. The van der Waals surface area contributed by atoms with E-state index in [1.54, 1.807) is 36.4 Å². The number of hydrogen-bond acceptors (Lipinski definition) is 4. The van der Waals surface area contributed by atoms with Crippen molar-refractivity contribution in [2.24, 2.45) is 5.41 Å². The molecule has 0 atom stereocenters. The summed E-state index contributed by atoms with van der Waals surface area (Å²) in [6, 6.07) is 13.7. The van der Waals surface area contributed by atoms with E-state index < -0.39 is 17.3 Å². The fourth-order valence-electron chi connectivity index (χ4n) is 3.31. The predicted octanol–water partition coefficient (Wildman–Crippen LogP) is 2.84. The Kier molecular flexibility index (Phi) is 5.90. The highest BCUT2D eigenvalue weighted by Gasteiger charge is 2.40. The number of aryl methyl sites for hydroxylation is 1. The normalized spacial score (nSPS) is 15.6. The van der Waals surface area contributed by atoms with Crippen LogP contribution in [-0.4, -0.2) is 42.5 Å². The van der Waals surface area contributed by atoms with Gasteiger partial charge in [0.2, 0.25) is 0 Å². The van der Waals surface area contributed by atoms with Gasteiger partial charge in [0.15, 0.2) is 5.78 Å². The number of ether oxygens (including phenoxy) is 1. The Morgan fingerprint density at radius 3 is 2.21 bits per heavy atom. The molecule has 28 heavy (non-hydrogen) atoms. The van der Waals surface area contributed by atoms with Crippen molar-refractivity contribution in [3.63, 3.8) is 0 Å². The topological polar surface area (TPSA) is 92.7 Å². The summed E-state index contributed by atoms with van der Waals surface area (Å²) in [5.74, 6) is -1.65. The van der Waals surface area contributed by atoms with Crippen molar-refractivity contribution in [3.05, 3.63) is 70.8 Å². The van der Waals surface area contributed by atoms with E-state index >= 15 is 0 Å². The van der Waals surface area contributed by atoms with E-state index in [0.717, 1.165) is 5.56 Å². The number of carboxylic acids is 1. The highest BCUT2D eigenvalue weighted by Crippen LogP contribution is 2.30. The van der Waals surface area contributed by atoms with Crippen molar-refractivity contribution in [1.82, 2.24) is 5.32 Å². The number of benzene rings is 2. The maximum Gasteiger partial charge on any atom is 0.311 e. The fraction of sp³-hybridized carbons (Fsp3) is 0.318. The SMILES string of the molecule is Cc1ccc(C(=O)c2ccccc2C(=O)NCC2(C(=O)O)CCOCC2)cc1. The lowest BCUT2D eigenvalue weighted by Gasteiger charge is -2.33. The van der Waals surface area contributed by atoms with Crippen LogP contribution in [0.25, 0.3) is 0 Å². The average molecular weight is 381 g/mol. The standard InChI is InChI=1S/C22H23NO5/c1-15-6-8-16(9-7-15)19(24)17-4-2-3-5-18(17)20(25)23-14-22(21(26)27)10-12-28-13-11-22/h2-9H,10-14H2,1H3,(H,23,25)(H,26,27). The molecule has 0 radical (unpaired) electrons. The molecule has 0 unspecified atom stereocenters. The smallest absolute Gasteiger partial charge is 0.311 e. The molecule has 1 saturated heterocycles. The molecule has 2 aromatic rings. The quantitative estimate of drug-likeness (QED) is 0.751. The van der Waals surface area contributed by atoms with E-state index in [-0.39, 0.29) is 17.9 Å². The van der Waals surface area contributed by atoms with Crippen molar-refractivity contribution in [1.29, 1.82) is 0 Å². The van der Waals surface area contributed by atoms with E-state index in [9.17, 15) is 19.5 Å². The van der Waals surface area contributed by atoms with E-state index in [1.165, 1.54) is 0 Å². The van der Waals surface area contributed by atoms with E-state index in [1.807, 2.05) is 19.1 Å². The number of ketones is 1. The molecule has 2 aromatic carbocycles. The number of amides is 1. The van der Waals surface area contributed by atoms with E-state index in [2.05, 4.69) is 5.32 Å². The molecule has 0 bridgehead atoms. The lowest BCUT2D eigenvalue weighted by Crippen LogP contribution is -2.46. The van der Waals surface area contributed by atoms with Gasteiger partial charge in [0.1, 0.15) is 0 Å². The van der Waals surface area contributed by atoms with Crippen LogP contribution in [0.15, 0.2) is 48.5 Å². The van der Waals surface area contributed by atoms with Gasteiger partial charge in [-0.3, -0.25) is 14.4 Å². The summed E-state index contributed by atoms with van der Waals surface area (Å²) in [6.07, 6.45) is 0.680. The third-order valence-electron chi connectivity index (χ3n) is 5.22. The average Bonchev–Trinajstić information content (AvgIpc) is 2.72. The molecule has 146 valence electrons. The summed E-state index contributed by atoms with van der Waals surface area (Å²) in [6.45, 7) is 2.64. The van der Waals surface area contributed by atoms with Crippen molar-refractivity contribution < 1.29 is 24.2 Å². The Balaban J connectivity index is 1.80. The lowest BCUT2D eigenvalue weighted by molar-refractivity contribution is -0.154. The van der Waals surface area contributed by atoms with Crippen LogP contribution in [0.4, 0.5) is 0 Å². The van der Waals surface area contributed by atoms with Crippen LogP contribution in [0.2, 0.25) is 0 Å². The minimum Gasteiger partial charge on any atom is -0.481 e. The monoisotopic (exact) mass is 381 g/mol. The minimum atomic E-state index is -1.04. The molecule has 1 aliphatic rings. The van der Waals surface area contributed by atoms with Gasteiger partial charge in [-0.2, -0.15) is 0 Å². The van der Waals surface area contributed by atoms with Gasteiger partial charge >= 0.3 is 5.97 Å². The molecule has 0 saturated carbocycles. The van der Waals surface area contributed by atoms with Gasteiger partial charge in [-0.1, -0.05) is 48.0 Å². The molecule has 6 nitrogen and oxygen atoms in total. The second-order valence-electron chi connectivity index (χ2n) is 7.12. The highest BCUT2D eigenvalue weighted by atomic mass is 16.5. The van der Waals surface area contributed by atoms with Gasteiger partial charge in [0.25, 0.3) is 5.91 Å². The number of carbonyl (C=O) groups excluding carboxylic acids is 2. The number of hydrogen-bond donors (Lipinski definition) is 2. The van der Waals surface area contributed by atoms with Gasteiger partial charge in [0.05, 0.1) is 11.0 Å². The van der Waals surface area contributed by atoms with E-state index in [0.29, 0.717) is 37.2 Å². The molecule has 6 heteroatoms. The first kappa shape index (κ1) is 19.8. The second-order valence-corrected chi connectivity index (χ2v) is 7.12. The fourth-order valence-corrected chi connectivity index (χ4v) is 3.31. The van der Waals surface area contributed by atoms with E-state index in [4.69, 9.17) is 4.74 Å². The minimum absolute atomic E-state index is 0.00240. The highest BCUT2D eigenvalue weighted by molar-refractivity contribution is 6.15.